The van der Waals surface area contributed by atoms with Crippen molar-refractivity contribution >= 4 is 5.69 Å². The Bertz CT molecular complexity index is 328. The third-order valence-electron chi connectivity index (χ3n) is 3.14. The molecule has 0 bridgehead atoms. The van der Waals surface area contributed by atoms with Gasteiger partial charge in [0.15, 0.2) is 0 Å². The lowest BCUT2D eigenvalue weighted by atomic mass is 10.1. The second-order valence-electron chi connectivity index (χ2n) is 4.71. The molecule has 16 heavy (non-hydrogen) atoms. The predicted molar refractivity (Wildman–Crippen MR) is 69.9 cm³/mol. The molecule has 1 N–H and O–H groups in total. The summed E-state index contributed by atoms with van der Waals surface area (Å²) in [5.41, 5.74) is 3.54. The number of rotatable bonds is 6. The van der Waals surface area contributed by atoms with E-state index in [1.165, 1.54) is 37.1 Å². The second kappa shape index (κ2) is 5.92. The number of hydrogen-bond acceptors (Lipinski definition) is 2. The lowest BCUT2D eigenvalue weighted by Gasteiger charge is -2.15. The van der Waals surface area contributed by atoms with E-state index in [4.69, 9.17) is 0 Å². The molecule has 0 aliphatic rings. The molecule has 3 nitrogen and oxygen atoms in total. The van der Waals surface area contributed by atoms with Crippen molar-refractivity contribution in [2.24, 2.45) is 7.05 Å². The Labute approximate surface area is 99.2 Å². The monoisotopic (exact) mass is 223 g/mol. The van der Waals surface area contributed by atoms with E-state index in [-0.39, 0.29) is 0 Å². The van der Waals surface area contributed by atoms with E-state index in [0.717, 1.165) is 5.69 Å². The standard InChI is InChI=1S/C13H25N3/c1-6-7-8-9-10(2)14-13-11(3)15-16(5)12(13)4/h10,14H,6-9H2,1-5H3. The van der Waals surface area contributed by atoms with Gasteiger partial charge >= 0.3 is 0 Å². The van der Waals surface area contributed by atoms with Crippen LogP contribution < -0.4 is 5.32 Å². The van der Waals surface area contributed by atoms with Gasteiger partial charge in [0.05, 0.1) is 17.1 Å². The summed E-state index contributed by atoms with van der Waals surface area (Å²) in [5.74, 6) is 0. The fourth-order valence-corrected chi connectivity index (χ4v) is 2.00. The summed E-state index contributed by atoms with van der Waals surface area (Å²) >= 11 is 0. The van der Waals surface area contributed by atoms with Crippen molar-refractivity contribution in [3.8, 4) is 0 Å². The minimum absolute atomic E-state index is 0.535. The quantitative estimate of drug-likeness (QED) is 0.749. The first-order valence-corrected chi connectivity index (χ1v) is 6.33. The molecule has 0 aromatic carbocycles. The molecule has 0 spiro atoms. The van der Waals surface area contributed by atoms with Crippen molar-refractivity contribution < 1.29 is 0 Å². The highest BCUT2D eigenvalue weighted by Gasteiger charge is 2.11. The molecular weight excluding hydrogens is 198 g/mol. The first-order chi connectivity index (χ1) is 7.56. The van der Waals surface area contributed by atoms with Gasteiger partial charge in [0.1, 0.15) is 0 Å². The molecule has 0 saturated carbocycles. The summed E-state index contributed by atoms with van der Waals surface area (Å²) in [4.78, 5) is 0. The van der Waals surface area contributed by atoms with Crippen LogP contribution in [0.4, 0.5) is 5.69 Å². The first kappa shape index (κ1) is 13.1. The molecule has 3 heteroatoms. The number of aryl methyl sites for hydroxylation is 2. The van der Waals surface area contributed by atoms with E-state index < -0.39 is 0 Å². The van der Waals surface area contributed by atoms with Crippen molar-refractivity contribution in [1.82, 2.24) is 9.78 Å². The highest BCUT2D eigenvalue weighted by atomic mass is 15.3. The Morgan fingerprint density at radius 1 is 1.31 bits per heavy atom. The second-order valence-corrected chi connectivity index (χ2v) is 4.71. The summed E-state index contributed by atoms with van der Waals surface area (Å²) in [5, 5.41) is 7.99. The minimum atomic E-state index is 0.535. The van der Waals surface area contributed by atoms with Crippen LogP contribution in [-0.2, 0) is 7.05 Å². The van der Waals surface area contributed by atoms with Gasteiger partial charge in [-0.15, -0.1) is 0 Å². The Morgan fingerprint density at radius 2 is 2.00 bits per heavy atom. The van der Waals surface area contributed by atoms with Gasteiger partial charge in [-0.05, 0) is 27.2 Å². The number of nitrogens with zero attached hydrogens (tertiary/aromatic N) is 2. The highest BCUT2D eigenvalue weighted by molar-refractivity contribution is 5.52. The molecular formula is C13H25N3. The summed E-state index contributed by atoms with van der Waals surface area (Å²) < 4.78 is 1.94. The predicted octanol–water partition coefficient (Wildman–Crippen LogP) is 3.42. The Kier molecular flexibility index (Phi) is 4.84. The molecule has 1 unspecified atom stereocenters. The van der Waals surface area contributed by atoms with Crippen LogP contribution in [-0.4, -0.2) is 15.8 Å². The summed E-state index contributed by atoms with van der Waals surface area (Å²) in [7, 11) is 2.00. The van der Waals surface area contributed by atoms with E-state index in [0.29, 0.717) is 6.04 Å². The molecule has 1 aromatic rings. The third kappa shape index (κ3) is 3.26. The van der Waals surface area contributed by atoms with E-state index >= 15 is 0 Å². The normalized spacial score (nSPS) is 12.8. The summed E-state index contributed by atoms with van der Waals surface area (Å²) in [6, 6.07) is 0.535. The number of nitrogens with one attached hydrogen (secondary N) is 1. The van der Waals surface area contributed by atoms with Crippen LogP contribution in [0.5, 0.6) is 0 Å². The maximum atomic E-state index is 4.41. The molecule has 1 heterocycles. The molecule has 1 atom stereocenters. The third-order valence-corrected chi connectivity index (χ3v) is 3.14. The van der Waals surface area contributed by atoms with Crippen molar-refractivity contribution in [3.05, 3.63) is 11.4 Å². The molecule has 0 aliphatic heterocycles. The fourth-order valence-electron chi connectivity index (χ4n) is 2.00. The van der Waals surface area contributed by atoms with Gasteiger partial charge in [-0.1, -0.05) is 26.2 Å². The van der Waals surface area contributed by atoms with Crippen LogP contribution in [0.25, 0.3) is 0 Å². The Hall–Kier alpha value is -0.990. The van der Waals surface area contributed by atoms with Crippen LogP contribution in [0, 0.1) is 13.8 Å². The molecule has 0 aliphatic carbocycles. The molecule has 0 fully saturated rings. The van der Waals surface area contributed by atoms with Gasteiger partial charge in [0.25, 0.3) is 0 Å². The lowest BCUT2D eigenvalue weighted by molar-refractivity contribution is 0.614. The fraction of sp³-hybridized carbons (Fsp3) is 0.769. The Morgan fingerprint density at radius 3 is 2.50 bits per heavy atom. The van der Waals surface area contributed by atoms with E-state index in [1.807, 2.05) is 11.7 Å². The van der Waals surface area contributed by atoms with Crippen LogP contribution >= 0.6 is 0 Å². The highest BCUT2D eigenvalue weighted by Crippen LogP contribution is 2.20. The largest absolute Gasteiger partial charge is 0.380 e. The topological polar surface area (TPSA) is 29.9 Å². The number of aromatic nitrogens is 2. The van der Waals surface area contributed by atoms with Gasteiger partial charge in [0.2, 0.25) is 0 Å². The van der Waals surface area contributed by atoms with Crippen molar-refractivity contribution in [3.63, 3.8) is 0 Å². The number of anilines is 1. The van der Waals surface area contributed by atoms with Gasteiger partial charge < -0.3 is 5.32 Å². The lowest BCUT2D eigenvalue weighted by Crippen LogP contribution is -2.16. The van der Waals surface area contributed by atoms with Crippen LogP contribution in [0.2, 0.25) is 0 Å². The van der Waals surface area contributed by atoms with E-state index in [1.54, 1.807) is 0 Å². The molecule has 0 saturated heterocycles. The average Bonchev–Trinajstić information content (AvgIpc) is 2.46. The van der Waals surface area contributed by atoms with Crippen molar-refractivity contribution in [1.29, 1.82) is 0 Å². The molecule has 0 radical (unpaired) electrons. The molecule has 1 aromatic heterocycles. The van der Waals surface area contributed by atoms with Gasteiger partial charge in [-0.25, -0.2) is 0 Å². The smallest absolute Gasteiger partial charge is 0.0827 e. The minimum Gasteiger partial charge on any atom is -0.380 e. The molecule has 0 amide bonds. The van der Waals surface area contributed by atoms with E-state index in [9.17, 15) is 0 Å². The molecule has 92 valence electrons. The summed E-state index contributed by atoms with van der Waals surface area (Å²) in [6.45, 7) is 8.67. The number of hydrogen-bond donors (Lipinski definition) is 1. The maximum Gasteiger partial charge on any atom is 0.0827 e. The van der Waals surface area contributed by atoms with Gasteiger partial charge in [0, 0.05) is 13.1 Å². The first-order valence-electron chi connectivity index (χ1n) is 6.33. The zero-order chi connectivity index (χ0) is 12.1. The van der Waals surface area contributed by atoms with Gasteiger partial charge in [-0.2, -0.15) is 5.10 Å². The van der Waals surface area contributed by atoms with Crippen LogP contribution in [0.1, 0.15) is 50.9 Å². The number of unbranched alkanes of at least 4 members (excludes halogenated alkanes) is 2. The SMILES string of the molecule is CCCCCC(C)Nc1c(C)nn(C)c1C. The van der Waals surface area contributed by atoms with Gasteiger partial charge in [-0.3, -0.25) is 4.68 Å². The van der Waals surface area contributed by atoms with Crippen LogP contribution in [0.3, 0.4) is 0 Å². The van der Waals surface area contributed by atoms with Crippen molar-refractivity contribution in [2.75, 3.05) is 5.32 Å². The molecule has 1 rings (SSSR count). The summed E-state index contributed by atoms with van der Waals surface area (Å²) in [6.07, 6.45) is 5.17. The van der Waals surface area contributed by atoms with Crippen LogP contribution in [0.15, 0.2) is 0 Å². The van der Waals surface area contributed by atoms with E-state index in [2.05, 4.69) is 38.1 Å². The average molecular weight is 223 g/mol. The maximum absolute atomic E-state index is 4.41. The zero-order valence-corrected chi connectivity index (χ0v) is 11.3. The zero-order valence-electron chi connectivity index (χ0n) is 11.3. The Balaban J connectivity index is 2.52. The van der Waals surface area contributed by atoms with Crippen molar-refractivity contribution in [2.45, 2.75) is 59.4 Å².